The van der Waals surface area contributed by atoms with E-state index in [1.54, 1.807) is 23.1 Å². The first-order valence-electron chi connectivity index (χ1n) is 9.74. The van der Waals surface area contributed by atoms with Crippen molar-refractivity contribution in [3.05, 3.63) is 34.7 Å². The summed E-state index contributed by atoms with van der Waals surface area (Å²) >= 11 is 1.25. The fourth-order valence-corrected chi connectivity index (χ4v) is 4.39. The maximum atomic E-state index is 13.2. The van der Waals surface area contributed by atoms with Gasteiger partial charge in [0.1, 0.15) is 0 Å². The van der Waals surface area contributed by atoms with E-state index >= 15 is 0 Å². The molecular formula is C21H25N3O3S. The van der Waals surface area contributed by atoms with Crippen LogP contribution in [0.5, 0.6) is 0 Å². The number of carbonyl (C=O) groups excluding carboxylic acids is 3. The minimum atomic E-state index is -0.435. The van der Waals surface area contributed by atoms with Crippen molar-refractivity contribution in [3.8, 4) is 0 Å². The maximum absolute atomic E-state index is 13.2. The number of unbranched alkanes of at least 4 members (excludes halogenated alkanes) is 2. The molecule has 0 unspecified atom stereocenters. The molecule has 1 aromatic carbocycles. The van der Waals surface area contributed by atoms with E-state index in [0.29, 0.717) is 40.0 Å². The third-order valence-corrected chi connectivity index (χ3v) is 5.85. The average molecular weight is 400 g/mol. The first kappa shape index (κ1) is 20.3. The van der Waals surface area contributed by atoms with Gasteiger partial charge in [0.25, 0.3) is 11.8 Å². The third-order valence-electron chi connectivity index (χ3n) is 4.73. The molecule has 2 aliphatic rings. The van der Waals surface area contributed by atoms with Gasteiger partial charge in [-0.2, -0.15) is 0 Å². The molecule has 0 spiro atoms. The molecule has 2 heterocycles. The normalized spacial score (nSPS) is 20.5. The molecule has 0 bridgehead atoms. The number of aliphatic imine (C=N–C) groups is 1. The quantitative estimate of drug-likeness (QED) is 0.539. The molecule has 1 saturated heterocycles. The first-order valence-corrected chi connectivity index (χ1v) is 10.6. The predicted octanol–water partition coefficient (Wildman–Crippen LogP) is 3.82. The molecule has 0 aromatic heterocycles. The van der Waals surface area contributed by atoms with Crippen LogP contribution in [0.2, 0.25) is 0 Å². The molecule has 28 heavy (non-hydrogen) atoms. The van der Waals surface area contributed by atoms with Crippen LogP contribution in [0.3, 0.4) is 0 Å². The number of nitrogens with zero attached hydrogens (tertiary/aromatic N) is 3. The summed E-state index contributed by atoms with van der Waals surface area (Å²) in [5, 5.41) is 0.654. The fraction of sp³-hybridized carbons (Fsp3) is 0.429. The summed E-state index contributed by atoms with van der Waals surface area (Å²) in [7, 11) is 0. The maximum Gasteiger partial charge on any atom is 0.267 e. The van der Waals surface area contributed by atoms with Gasteiger partial charge < -0.3 is 0 Å². The Hall–Kier alpha value is -2.41. The SMILES string of the molecule is CCCCN=C1SC(=C2C(=O)N(C(C)=O)c3ccccc32)C(=O)N1CCCC. The smallest absolute Gasteiger partial charge is 0.267 e. The number of thioether (sulfide) groups is 1. The molecule has 0 N–H and O–H groups in total. The molecule has 0 saturated carbocycles. The van der Waals surface area contributed by atoms with E-state index in [1.807, 2.05) is 6.07 Å². The highest BCUT2D eigenvalue weighted by molar-refractivity contribution is 8.18. The van der Waals surface area contributed by atoms with Crippen molar-refractivity contribution >= 4 is 45.9 Å². The van der Waals surface area contributed by atoms with Crippen molar-refractivity contribution in [1.29, 1.82) is 0 Å². The second kappa shape index (κ2) is 8.73. The van der Waals surface area contributed by atoms with Crippen LogP contribution in [0.15, 0.2) is 34.2 Å². The number of fused-ring (bicyclic) bond motifs is 1. The topological polar surface area (TPSA) is 70.0 Å². The van der Waals surface area contributed by atoms with E-state index in [1.165, 1.54) is 18.7 Å². The number of imide groups is 1. The minimum absolute atomic E-state index is 0.197. The molecule has 3 rings (SSSR count). The van der Waals surface area contributed by atoms with E-state index in [0.717, 1.165) is 30.6 Å². The first-order chi connectivity index (χ1) is 13.5. The lowest BCUT2D eigenvalue weighted by Gasteiger charge is -2.15. The molecule has 6 nitrogen and oxygen atoms in total. The summed E-state index contributed by atoms with van der Waals surface area (Å²) in [5.74, 6) is -0.991. The van der Waals surface area contributed by atoms with E-state index in [-0.39, 0.29) is 11.8 Å². The van der Waals surface area contributed by atoms with Gasteiger partial charge in [-0.25, -0.2) is 4.90 Å². The number of amidine groups is 1. The largest absolute Gasteiger partial charge is 0.287 e. The number of anilines is 1. The Kier molecular flexibility index (Phi) is 6.34. The zero-order chi connectivity index (χ0) is 20.3. The molecular weight excluding hydrogens is 374 g/mol. The van der Waals surface area contributed by atoms with Gasteiger partial charge in [-0.3, -0.25) is 24.3 Å². The Morgan fingerprint density at radius 2 is 1.79 bits per heavy atom. The van der Waals surface area contributed by atoms with E-state index in [9.17, 15) is 14.4 Å². The summed E-state index contributed by atoms with van der Waals surface area (Å²) in [4.78, 5) is 46.1. The van der Waals surface area contributed by atoms with E-state index in [2.05, 4.69) is 18.8 Å². The van der Waals surface area contributed by atoms with Crippen molar-refractivity contribution in [2.24, 2.45) is 4.99 Å². The van der Waals surface area contributed by atoms with Crippen LogP contribution in [0, 0.1) is 0 Å². The Labute approximate surface area is 169 Å². The Morgan fingerprint density at radius 1 is 1.07 bits per heavy atom. The number of hydrogen-bond acceptors (Lipinski definition) is 5. The molecule has 3 amide bonds. The van der Waals surface area contributed by atoms with Crippen LogP contribution >= 0.6 is 11.8 Å². The van der Waals surface area contributed by atoms with Crippen LogP contribution in [-0.2, 0) is 14.4 Å². The van der Waals surface area contributed by atoms with Crippen molar-refractivity contribution in [2.75, 3.05) is 18.0 Å². The van der Waals surface area contributed by atoms with Gasteiger partial charge in [-0.05, 0) is 30.7 Å². The standard InChI is InChI=1S/C21H25N3O3S/c1-4-6-12-22-21-23(13-7-5-2)20(27)18(28-21)17-15-10-8-9-11-16(15)24(14(3)25)19(17)26/h8-11H,4-7,12-13H2,1-3H3. The highest BCUT2D eigenvalue weighted by Crippen LogP contribution is 2.44. The second-order valence-corrected chi connectivity index (χ2v) is 7.79. The van der Waals surface area contributed by atoms with Crippen LogP contribution in [0.25, 0.3) is 5.57 Å². The Bertz CT molecular complexity index is 875. The molecule has 0 atom stereocenters. The molecule has 7 heteroatoms. The number of hydrogen-bond donors (Lipinski definition) is 0. The molecule has 0 radical (unpaired) electrons. The molecule has 0 aliphatic carbocycles. The predicted molar refractivity (Wildman–Crippen MR) is 113 cm³/mol. The second-order valence-electron chi connectivity index (χ2n) is 6.81. The number of rotatable bonds is 6. The van der Waals surface area contributed by atoms with Crippen molar-refractivity contribution in [3.63, 3.8) is 0 Å². The van der Waals surface area contributed by atoms with Gasteiger partial charge in [-0.15, -0.1) is 0 Å². The van der Waals surface area contributed by atoms with Crippen LogP contribution in [0.1, 0.15) is 52.0 Å². The summed E-state index contributed by atoms with van der Waals surface area (Å²) in [6, 6.07) is 7.11. The highest BCUT2D eigenvalue weighted by Gasteiger charge is 2.43. The van der Waals surface area contributed by atoms with Crippen LogP contribution in [0.4, 0.5) is 5.69 Å². The molecule has 148 valence electrons. The van der Waals surface area contributed by atoms with Crippen LogP contribution in [-0.4, -0.2) is 40.9 Å². The number of para-hydroxylation sites is 1. The van der Waals surface area contributed by atoms with Crippen molar-refractivity contribution in [1.82, 2.24) is 4.90 Å². The number of amides is 3. The lowest BCUT2D eigenvalue weighted by Crippen LogP contribution is -2.32. The Balaban J connectivity index is 2.07. The lowest BCUT2D eigenvalue weighted by atomic mass is 10.1. The zero-order valence-corrected chi connectivity index (χ0v) is 17.3. The van der Waals surface area contributed by atoms with E-state index in [4.69, 9.17) is 0 Å². The summed E-state index contributed by atoms with van der Waals surface area (Å²) in [5.41, 5.74) is 1.47. The van der Waals surface area contributed by atoms with Crippen molar-refractivity contribution < 1.29 is 14.4 Å². The summed E-state index contributed by atoms with van der Waals surface area (Å²) < 4.78 is 0. The molecule has 2 aliphatic heterocycles. The number of carbonyl (C=O) groups is 3. The van der Waals surface area contributed by atoms with Gasteiger partial charge >= 0.3 is 0 Å². The highest BCUT2D eigenvalue weighted by atomic mass is 32.2. The summed E-state index contributed by atoms with van der Waals surface area (Å²) in [6.07, 6.45) is 3.80. The minimum Gasteiger partial charge on any atom is -0.287 e. The lowest BCUT2D eigenvalue weighted by molar-refractivity contribution is -0.124. The van der Waals surface area contributed by atoms with Gasteiger partial charge in [0.05, 0.1) is 16.2 Å². The van der Waals surface area contributed by atoms with Gasteiger partial charge in [0.15, 0.2) is 5.17 Å². The summed E-state index contributed by atoms with van der Waals surface area (Å²) in [6.45, 7) is 6.76. The van der Waals surface area contributed by atoms with Crippen molar-refractivity contribution in [2.45, 2.75) is 46.5 Å². The van der Waals surface area contributed by atoms with Gasteiger partial charge in [-0.1, -0.05) is 44.9 Å². The fourth-order valence-electron chi connectivity index (χ4n) is 3.27. The van der Waals surface area contributed by atoms with Gasteiger partial charge in [0.2, 0.25) is 5.91 Å². The zero-order valence-electron chi connectivity index (χ0n) is 16.5. The molecule has 1 aromatic rings. The van der Waals surface area contributed by atoms with E-state index < -0.39 is 5.91 Å². The van der Waals surface area contributed by atoms with Gasteiger partial charge in [0, 0.05) is 25.6 Å². The van der Waals surface area contributed by atoms with Crippen LogP contribution < -0.4 is 4.90 Å². The monoisotopic (exact) mass is 399 g/mol. The Morgan fingerprint density at radius 3 is 2.46 bits per heavy atom. The number of benzene rings is 1. The third kappa shape index (κ3) is 3.63. The average Bonchev–Trinajstić information content (AvgIpc) is 3.13. The molecule has 1 fully saturated rings.